The Morgan fingerprint density at radius 1 is 1.14 bits per heavy atom. The normalized spacial score (nSPS) is 10.8. The fourth-order valence-corrected chi connectivity index (χ4v) is 2.91. The van der Waals surface area contributed by atoms with E-state index in [9.17, 15) is 9.59 Å². The maximum absolute atomic E-state index is 12.6. The highest BCUT2D eigenvalue weighted by Gasteiger charge is 2.15. The number of rotatable bonds is 6. The Bertz CT molecular complexity index is 1220. The van der Waals surface area contributed by atoms with Gasteiger partial charge in [-0.15, -0.1) is 5.10 Å². The van der Waals surface area contributed by atoms with Gasteiger partial charge in [-0.2, -0.15) is 0 Å². The van der Waals surface area contributed by atoms with Gasteiger partial charge in [0, 0.05) is 24.0 Å². The molecular weight excluding hydrogens is 394 g/mol. The Morgan fingerprint density at radius 3 is 2.76 bits per heavy atom. The van der Waals surface area contributed by atoms with Crippen LogP contribution in [-0.2, 0) is 17.9 Å². The van der Waals surface area contributed by atoms with Crippen molar-refractivity contribution in [2.24, 2.45) is 0 Å². The van der Waals surface area contributed by atoms with Crippen LogP contribution in [0.15, 0.2) is 71.8 Å². The van der Waals surface area contributed by atoms with Crippen LogP contribution in [0.2, 0.25) is 5.02 Å². The van der Waals surface area contributed by atoms with Crippen molar-refractivity contribution in [2.75, 3.05) is 0 Å². The van der Waals surface area contributed by atoms with Crippen LogP contribution in [0.25, 0.3) is 5.65 Å². The first kappa shape index (κ1) is 18.7. The van der Waals surface area contributed by atoms with Crippen molar-refractivity contribution in [1.29, 1.82) is 0 Å². The molecule has 8 nitrogen and oxygen atoms in total. The number of aromatic nitrogens is 4. The van der Waals surface area contributed by atoms with Gasteiger partial charge in [0.15, 0.2) is 0 Å². The molecule has 0 bridgehead atoms. The van der Waals surface area contributed by atoms with Crippen molar-refractivity contribution < 1.29 is 9.53 Å². The first-order valence-corrected chi connectivity index (χ1v) is 9.16. The van der Waals surface area contributed by atoms with Gasteiger partial charge in [0.1, 0.15) is 12.3 Å². The maximum Gasteiger partial charge on any atom is 0.351 e. The quantitative estimate of drug-likeness (QED) is 0.528. The monoisotopic (exact) mass is 409 g/mol. The Balaban J connectivity index is 1.54. The summed E-state index contributed by atoms with van der Waals surface area (Å²) >= 11 is 5.97. The predicted octanol–water partition coefficient (Wildman–Crippen LogP) is 2.65. The summed E-state index contributed by atoms with van der Waals surface area (Å²) in [7, 11) is 0. The Hall–Kier alpha value is -3.65. The van der Waals surface area contributed by atoms with E-state index < -0.39 is 5.69 Å². The predicted molar refractivity (Wildman–Crippen MR) is 107 cm³/mol. The van der Waals surface area contributed by atoms with E-state index in [4.69, 9.17) is 16.3 Å². The smallest absolute Gasteiger partial charge is 0.351 e. The van der Waals surface area contributed by atoms with Crippen molar-refractivity contribution in [3.63, 3.8) is 0 Å². The molecule has 0 saturated heterocycles. The molecule has 0 spiro atoms. The first-order valence-electron chi connectivity index (χ1n) is 8.78. The van der Waals surface area contributed by atoms with Crippen LogP contribution in [0.4, 0.5) is 0 Å². The second-order valence-electron chi connectivity index (χ2n) is 6.19. The average Bonchev–Trinajstić information content (AvgIpc) is 3.04. The number of fused-ring (bicyclic) bond motifs is 1. The fourth-order valence-electron chi connectivity index (χ4n) is 2.73. The summed E-state index contributed by atoms with van der Waals surface area (Å²) in [5.74, 6) is 0.264. The number of hydrogen-bond acceptors (Lipinski definition) is 5. The number of amides is 1. The number of nitrogens with zero attached hydrogens (tertiary/aromatic N) is 4. The molecule has 0 unspecified atom stereocenters. The summed E-state index contributed by atoms with van der Waals surface area (Å²) in [5, 5.41) is 7.49. The minimum atomic E-state index is -0.465. The van der Waals surface area contributed by atoms with Gasteiger partial charge in [-0.05, 0) is 23.8 Å². The van der Waals surface area contributed by atoms with Gasteiger partial charge >= 0.3 is 5.69 Å². The highest BCUT2D eigenvalue weighted by atomic mass is 35.5. The summed E-state index contributed by atoms with van der Waals surface area (Å²) in [5.41, 5.74) is 0.700. The summed E-state index contributed by atoms with van der Waals surface area (Å²) in [6.45, 7) is 0.149. The molecule has 4 rings (SSSR count). The van der Waals surface area contributed by atoms with E-state index >= 15 is 0 Å². The molecule has 0 aliphatic carbocycles. The fraction of sp³-hybridized carbons (Fsp3) is 0.100. The third-order valence-electron chi connectivity index (χ3n) is 4.11. The lowest BCUT2D eigenvalue weighted by Gasteiger charge is -2.05. The van der Waals surface area contributed by atoms with Crippen molar-refractivity contribution in [3.8, 4) is 11.6 Å². The van der Waals surface area contributed by atoms with Gasteiger partial charge in [0.2, 0.25) is 11.6 Å². The molecule has 0 aliphatic heterocycles. The van der Waals surface area contributed by atoms with Gasteiger partial charge in [0.25, 0.3) is 5.88 Å². The summed E-state index contributed by atoms with van der Waals surface area (Å²) < 4.78 is 8.07. The van der Waals surface area contributed by atoms with Crippen LogP contribution in [0, 0.1) is 0 Å². The molecule has 0 saturated carbocycles. The van der Waals surface area contributed by atoms with E-state index in [-0.39, 0.29) is 24.0 Å². The van der Waals surface area contributed by atoms with E-state index in [0.717, 1.165) is 10.2 Å². The summed E-state index contributed by atoms with van der Waals surface area (Å²) in [6.07, 6.45) is 2.89. The molecule has 0 radical (unpaired) electrons. The maximum atomic E-state index is 12.6. The lowest BCUT2D eigenvalue weighted by atomic mass is 10.2. The zero-order valence-electron chi connectivity index (χ0n) is 15.2. The van der Waals surface area contributed by atoms with Crippen molar-refractivity contribution >= 4 is 23.2 Å². The number of benzene rings is 2. The highest BCUT2D eigenvalue weighted by molar-refractivity contribution is 6.30. The largest absolute Gasteiger partial charge is 0.436 e. The molecule has 1 amide bonds. The number of carbonyl (C=O) groups is 1. The molecule has 9 heteroatoms. The number of halogens is 1. The summed E-state index contributed by atoms with van der Waals surface area (Å²) in [6, 6.07) is 16.3. The number of carbonyl (C=O) groups excluding carboxylic acids is 1. The van der Waals surface area contributed by atoms with Crippen molar-refractivity contribution in [3.05, 3.63) is 88.1 Å². The summed E-state index contributed by atoms with van der Waals surface area (Å²) in [4.78, 5) is 29.0. The molecule has 2 aromatic heterocycles. The van der Waals surface area contributed by atoms with Gasteiger partial charge in [-0.1, -0.05) is 48.0 Å². The van der Waals surface area contributed by atoms with E-state index in [0.29, 0.717) is 17.3 Å². The minimum Gasteiger partial charge on any atom is -0.436 e. The first-order chi connectivity index (χ1) is 14.1. The van der Waals surface area contributed by atoms with Crippen LogP contribution in [0.1, 0.15) is 5.56 Å². The molecule has 2 aromatic carbocycles. The lowest BCUT2D eigenvalue weighted by Crippen LogP contribution is -2.32. The number of hydrogen-bond donors (Lipinski definition) is 1. The minimum absolute atomic E-state index is 0.135. The third-order valence-corrected chi connectivity index (χ3v) is 4.34. The molecule has 29 heavy (non-hydrogen) atoms. The standard InChI is InChI=1S/C20H16ClN5O3/c21-15-7-4-8-16(11-15)29-19-18-24-26(20(28)25(18)10-9-22-19)13-17(27)23-12-14-5-2-1-3-6-14/h1-11H,12-13H2,(H,23,27). The Morgan fingerprint density at radius 2 is 1.97 bits per heavy atom. The number of ether oxygens (including phenoxy) is 1. The molecule has 2 heterocycles. The Kier molecular flexibility index (Phi) is 5.26. The van der Waals surface area contributed by atoms with Crippen LogP contribution >= 0.6 is 11.6 Å². The van der Waals surface area contributed by atoms with E-state index in [1.165, 1.54) is 16.8 Å². The van der Waals surface area contributed by atoms with Crippen molar-refractivity contribution in [2.45, 2.75) is 13.1 Å². The zero-order chi connectivity index (χ0) is 20.2. The van der Waals surface area contributed by atoms with Gasteiger partial charge in [0.05, 0.1) is 0 Å². The molecule has 0 atom stereocenters. The van der Waals surface area contributed by atoms with E-state index in [1.54, 1.807) is 24.3 Å². The van der Waals surface area contributed by atoms with Gasteiger partial charge in [-0.25, -0.2) is 18.9 Å². The Labute approximate surface area is 170 Å². The molecule has 0 fully saturated rings. The van der Waals surface area contributed by atoms with Crippen LogP contribution < -0.4 is 15.7 Å². The second kappa shape index (κ2) is 8.15. The number of nitrogens with one attached hydrogen (secondary N) is 1. The topological polar surface area (TPSA) is 90.5 Å². The van der Waals surface area contributed by atoms with Gasteiger partial charge < -0.3 is 10.1 Å². The molecule has 1 N–H and O–H groups in total. The van der Waals surface area contributed by atoms with E-state index in [2.05, 4.69) is 15.4 Å². The third kappa shape index (κ3) is 4.27. The van der Waals surface area contributed by atoms with Gasteiger partial charge in [-0.3, -0.25) is 4.79 Å². The van der Waals surface area contributed by atoms with Crippen LogP contribution in [0.3, 0.4) is 0 Å². The van der Waals surface area contributed by atoms with Crippen LogP contribution in [-0.4, -0.2) is 25.1 Å². The molecule has 146 valence electrons. The zero-order valence-corrected chi connectivity index (χ0v) is 15.9. The molecule has 4 aromatic rings. The van der Waals surface area contributed by atoms with Crippen LogP contribution in [0.5, 0.6) is 11.6 Å². The molecule has 0 aliphatic rings. The average molecular weight is 410 g/mol. The van der Waals surface area contributed by atoms with E-state index in [1.807, 2.05) is 30.3 Å². The second-order valence-corrected chi connectivity index (χ2v) is 6.62. The van der Waals surface area contributed by atoms with Crippen molar-refractivity contribution in [1.82, 2.24) is 24.5 Å². The SMILES string of the molecule is O=C(Cn1nc2c(Oc3cccc(Cl)c3)nccn2c1=O)NCc1ccccc1. The molecular formula is C20H16ClN5O3. The highest BCUT2D eigenvalue weighted by Crippen LogP contribution is 2.24. The lowest BCUT2D eigenvalue weighted by molar-refractivity contribution is -0.122.